The van der Waals surface area contributed by atoms with Gasteiger partial charge in [-0.1, -0.05) is 84.9 Å². The number of nitrogens with two attached hydrogens (primary N) is 2. The Kier molecular flexibility index (Phi) is 14.4. The molecule has 2 aliphatic rings. The summed E-state index contributed by atoms with van der Waals surface area (Å²) >= 11 is 0. The van der Waals surface area contributed by atoms with Crippen LogP contribution in [0, 0.1) is 0 Å². The zero-order valence-electron chi connectivity index (χ0n) is 37.8. The van der Waals surface area contributed by atoms with Crippen LogP contribution in [0.15, 0.2) is 165 Å². The third kappa shape index (κ3) is 9.87. The van der Waals surface area contributed by atoms with Crippen molar-refractivity contribution in [3.05, 3.63) is 167 Å². The lowest BCUT2D eigenvalue weighted by atomic mass is 10.1. The van der Waals surface area contributed by atoms with Crippen LogP contribution in [-0.2, 0) is 9.47 Å². The molecule has 72 heavy (non-hydrogen) atoms. The number of anilines is 2. The first-order chi connectivity index (χ1) is 34.9. The molecule has 0 aliphatic carbocycles. The largest absolute Gasteiger partial charge is 0.456 e. The molecule has 6 aromatic heterocycles. The van der Waals surface area contributed by atoms with Gasteiger partial charge in [0.2, 0.25) is 0 Å². The Hall–Kier alpha value is -8.32. The standard InChI is InChI=1S/2C15H10O2.2C10H13N5O4/c2*16-13-10-15(11-6-2-1-3-7-11)17-14-9-5-4-8-12(13)14;2*11-8-5-9(13-2-12-8)15(3-14-5)10-7(18)6(17)4(1-16)19-10/h2*1-10H;2*2-4,6-7,10,16-18H,1H2,(H2,11,12,13)/t;;2*4-,6-,7-,10-/m..11/s1. The molecule has 4 aromatic carbocycles. The molecule has 8 atom stereocenters. The van der Waals surface area contributed by atoms with Crippen LogP contribution in [0.3, 0.4) is 0 Å². The summed E-state index contributed by atoms with van der Waals surface area (Å²) in [7, 11) is 0. The van der Waals surface area contributed by atoms with E-state index in [2.05, 4.69) is 29.9 Å². The minimum Gasteiger partial charge on any atom is -0.456 e. The van der Waals surface area contributed by atoms with E-state index >= 15 is 0 Å². The number of aliphatic hydroxyl groups is 6. The van der Waals surface area contributed by atoms with E-state index in [1.165, 1.54) is 46.6 Å². The summed E-state index contributed by atoms with van der Waals surface area (Å²) in [4.78, 5) is 47.6. The van der Waals surface area contributed by atoms with Crippen LogP contribution in [0.2, 0.25) is 0 Å². The molecule has 0 bridgehead atoms. The molecular formula is C50H46N10O12. The maximum Gasteiger partial charge on any atom is 0.193 e. The third-order valence-corrected chi connectivity index (χ3v) is 11.7. The van der Waals surface area contributed by atoms with Gasteiger partial charge in [-0.2, -0.15) is 0 Å². The molecule has 12 rings (SSSR count). The summed E-state index contributed by atoms with van der Waals surface area (Å²) < 4.78 is 25.2. The number of para-hydroxylation sites is 2. The molecule has 2 aliphatic heterocycles. The number of fused-ring (bicyclic) bond motifs is 4. The van der Waals surface area contributed by atoms with E-state index in [9.17, 15) is 30.0 Å². The van der Waals surface area contributed by atoms with Crippen molar-refractivity contribution >= 4 is 55.9 Å². The maximum atomic E-state index is 11.9. The van der Waals surface area contributed by atoms with Crippen molar-refractivity contribution in [3.63, 3.8) is 0 Å². The van der Waals surface area contributed by atoms with Crippen molar-refractivity contribution in [3.8, 4) is 22.6 Å². The molecule has 0 unspecified atom stereocenters. The van der Waals surface area contributed by atoms with Crippen molar-refractivity contribution < 1.29 is 48.9 Å². The van der Waals surface area contributed by atoms with Crippen LogP contribution in [0.5, 0.6) is 0 Å². The third-order valence-electron chi connectivity index (χ3n) is 11.7. The fraction of sp³-hybridized carbons (Fsp3) is 0.200. The minimum atomic E-state index is -1.19. The highest BCUT2D eigenvalue weighted by atomic mass is 16.6. The highest BCUT2D eigenvalue weighted by Crippen LogP contribution is 2.33. The van der Waals surface area contributed by atoms with E-state index in [0.717, 1.165) is 11.1 Å². The van der Waals surface area contributed by atoms with Crippen LogP contribution >= 0.6 is 0 Å². The summed E-state index contributed by atoms with van der Waals surface area (Å²) in [5, 5.41) is 58.7. The lowest BCUT2D eigenvalue weighted by molar-refractivity contribution is -0.0511. The van der Waals surface area contributed by atoms with Gasteiger partial charge in [-0.15, -0.1) is 0 Å². The van der Waals surface area contributed by atoms with Gasteiger partial charge in [0.1, 0.15) is 83.0 Å². The van der Waals surface area contributed by atoms with Gasteiger partial charge in [-0.05, 0) is 24.3 Å². The molecule has 368 valence electrons. The number of hydrogen-bond donors (Lipinski definition) is 8. The normalized spacial score (nSPS) is 21.4. The average Bonchev–Trinajstić information content (AvgIpc) is 4.19. The fourth-order valence-corrected chi connectivity index (χ4v) is 8.03. The smallest absolute Gasteiger partial charge is 0.193 e. The van der Waals surface area contributed by atoms with E-state index in [4.69, 9.17) is 40.0 Å². The molecule has 8 heterocycles. The molecule has 0 saturated carbocycles. The lowest BCUT2D eigenvalue weighted by Gasteiger charge is -2.16. The van der Waals surface area contributed by atoms with Crippen molar-refractivity contribution in [2.75, 3.05) is 24.7 Å². The van der Waals surface area contributed by atoms with Gasteiger partial charge in [0.25, 0.3) is 0 Å². The van der Waals surface area contributed by atoms with Crippen LogP contribution in [0.1, 0.15) is 12.5 Å². The summed E-state index contributed by atoms with van der Waals surface area (Å²) in [6, 6.07) is 36.9. The number of imidazole rings is 2. The number of aromatic nitrogens is 8. The Balaban J connectivity index is 0.000000119. The van der Waals surface area contributed by atoms with Crippen LogP contribution < -0.4 is 22.3 Å². The summed E-state index contributed by atoms with van der Waals surface area (Å²) in [6.07, 6.45) is -2.85. The Labute approximate surface area is 406 Å². The highest BCUT2D eigenvalue weighted by Gasteiger charge is 2.45. The molecule has 0 radical (unpaired) electrons. The molecule has 2 saturated heterocycles. The van der Waals surface area contributed by atoms with Gasteiger partial charge in [0, 0.05) is 23.3 Å². The quantitative estimate of drug-likeness (QED) is 0.119. The van der Waals surface area contributed by atoms with Gasteiger partial charge >= 0.3 is 0 Å². The van der Waals surface area contributed by atoms with Crippen LogP contribution in [0.4, 0.5) is 11.6 Å². The number of nitrogen functional groups attached to an aromatic ring is 2. The van der Waals surface area contributed by atoms with Gasteiger partial charge in [0.05, 0.1) is 36.6 Å². The maximum absolute atomic E-state index is 11.9. The van der Waals surface area contributed by atoms with E-state index < -0.39 is 62.3 Å². The molecule has 10 N–H and O–H groups in total. The predicted molar refractivity (Wildman–Crippen MR) is 261 cm³/mol. The first-order valence-electron chi connectivity index (χ1n) is 22.2. The second kappa shape index (κ2) is 21.4. The zero-order chi connectivity index (χ0) is 50.5. The topological polar surface area (TPSA) is 340 Å². The van der Waals surface area contributed by atoms with Crippen molar-refractivity contribution in [1.82, 2.24) is 39.0 Å². The van der Waals surface area contributed by atoms with Gasteiger partial charge < -0.3 is 60.4 Å². The average molecular weight is 979 g/mol. The van der Waals surface area contributed by atoms with E-state index in [-0.39, 0.29) is 22.5 Å². The van der Waals surface area contributed by atoms with E-state index in [1.807, 2.05) is 97.1 Å². The number of nitrogens with zero attached hydrogens (tertiary/aromatic N) is 8. The number of rotatable bonds is 6. The molecule has 0 amide bonds. The second-order valence-electron chi connectivity index (χ2n) is 16.3. The van der Waals surface area contributed by atoms with Crippen molar-refractivity contribution in [1.29, 1.82) is 0 Å². The first-order valence-corrected chi connectivity index (χ1v) is 22.2. The lowest BCUT2D eigenvalue weighted by Crippen LogP contribution is -2.33. The molecule has 0 spiro atoms. The SMILES string of the molecule is Nc1ncnc2c1ncn2[C@@H]1O[C@H](CO)[C@@H](O)[C@H]1O.Nc1ncnc2c1ncn2[C@@H]1O[C@H](CO)[C@@H](O)[C@H]1O.O=c1cc(-c2ccccc2)oc2ccccc12.O=c1cc(-c2ccccc2)oc2ccccc12. The Morgan fingerprint density at radius 3 is 1.24 bits per heavy atom. The predicted octanol–water partition coefficient (Wildman–Crippen LogP) is 2.96. The number of ether oxygens (including phenoxy) is 2. The highest BCUT2D eigenvalue weighted by molar-refractivity contribution is 5.82. The number of benzene rings is 4. The summed E-state index contributed by atoms with van der Waals surface area (Å²) in [5.41, 5.74) is 15.9. The van der Waals surface area contributed by atoms with Crippen LogP contribution in [-0.4, -0.2) is 120 Å². The molecule has 2 fully saturated rings. The Morgan fingerprint density at radius 2 is 0.861 bits per heavy atom. The fourth-order valence-electron chi connectivity index (χ4n) is 8.03. The van der Waals surface area contributed by atoms with Gasteiger partial charge in [-0.25, -0.2) is 29.9 Å². The molecule has 22 heteroatoms. The number of aliphatic hydroxyl groups excluding tert-OH is 6. The van der Waals surface area contributed by atoms with Gasteiger partial charge in [-0.3, -0.25) is 18.7 Å². The minimum absolute atomic E-state index is 0.00861. The monoisotopic (exact) mass is 978 g/mol. The molecular weight excluding hydrogens is 933 g/mol. The first kappa shape index (κ1) is 48.7. The summed E-state index contributed by atoms with van der Waals surface area (Å²) in [6.45, 7) is -0.781. The van der Waals surface area contributed by atoms with Crippen LogP contribution in [0.25, 0.3) is 66.9 Å². The zero-order valence-corrected chi connectivity index (χ0v) is 37.8. The Morgan fingerprint density at radius 1 is 0.486 bits per heavy atom. The van der Waals surface area contributed by atoms with Crippen molar-refractivity contribution in [2.24, 2.45) is 0 Å². The Bertz CT molecular complexity index is 3340. The second-order valence-corrected chi connectivity index (χ2v) is 16.3. The summed E-state index contributed by atoms with van der Waals surface area (Å²) in [5.74, 6) is 1.65. The van der Waals surface area contributed by atoms with Gasteiger partial charge in [0.15, 0.2) is 46.2 Å². The van der Waals surface area contributed by atoms with Crippen molar-refractivity contribution in [2.45, 2.75) is 49.1 Å². The van der Waals surface area contributed by atoms with E-state index in [1.54, 1.807) is 12.1 Å². The molecule has 22 nitrogen and oxygen atoms in total. The molecule has 10 aromatic rings. The number of hydrogen-bond acceptors (Lipinski definition) is 20. The van der Waals surface area contributed by atoms with E-state index in [0.29, 0.717) is 55.8 Å².